The molecule has 0 saturated carbocycles. The van der Waals surface area contributed by atoms with Gasteiger partial charge in [0.2, 0.25) is 0 Å². The highest BCUT2D eigenvalue weighted by molar-refractivity contribution is 8.11. The van der Waals surface area contributed by atoms with Crippen LogP contribution in [0.5, 0.6) is 0 Å². The SMILES string of the molecule is O=S(=O)(Cl)N1CCN(c2cccc(Cl)c2)CC1. The minimum absolute atomic E-state index is 0.401. The second-order valence-electron chi connectivity index (χ2n) is 3.81. The molecule has 0 atom stereocenters. The first kappa shape index (κ1) is 13.0. The van der Waals surface area contributed by atoms with Crippen LogP contribution in [0.15, 0.2) is 24.3 Å². The number of hydrogen-bond donors (Lipinski definition) is 0. The summed E-state index contributed by atoms with van der Waals surface area (Å²) in [6.07, 6.45) is 0. The molecule has 2 rings (SSSR count). The topological polar surface area (TPSA) is 40.6 Å². The van der Waals surface area contributed by atoms with Crippen LogP contribution >= 0.6 is 22.3 Å². The number of benzene rings is 1. The summed E-state index contributed by atoms with van der Waals surface area (Å²) in [5.74, 6) is 0. The van der Waals surface area contributed by atoms with Gasteiger partial charge >= 0.3 is 0 Å². The summed E-state index contributed by atoms with van der Waals surface area (Å²) >= 11 is 5.91. The first-order chi connectivity index (χ1) is 7.97. The molecule has 1 fully saturated rings. The number of piperazine rings is 1. The Labute approximate surface area is 110 Å². The van der Waals surface area contributed by atoms with Gasteiger partial charge in [0.15, 0.2) is 0 Å². The predicted molar refractivity (Wildman–Crippen MR) is 70.0 cm³/mol. The lowest BCUT2D eigenvalue weighted by Gasteiger charge is -2.34. The summed E-state index contributed by atoms with van der Waals surface area (Å²) in [5, 5.41) is 0.676. The fraction of sp³-hybridized carbons (Fsp3) is 0.400. The molecule has 0 radical (unpaired) electrons. The average Bonchev–Trinajstić information content (AvgIpc) is 2.28. The van der Waals surface area contributed by atoms with E-state index in [-0.39, 0.29) is 0 Å². The number of hydrogen-bond acceptors (Lipinski definition) is 3. The van der Waals surface area contributed by atoms with Crippen LogP contribution in [0.3, 0.4) is 0 Å². The fourth-order valence-corrected chi connectivity index (χ4v) is 3.04. The number of anilines is 1. The third-order valence-electron chi connectivity index (χ3n) is 2.72. The van der Waals surface area contributed by atoms with Crippen molar-refractivity contribution in [2.75, 3.05) is 31.1 Å². The van der Waals surface area contributed by atoms with Crippen LogP contribution in [-0.2, 0) is 9.24 Å². The van der Waals surface area contributed by atoms with Gasteiger partial charge in [-0.2, -0.15) is 12.7 Å². The average molecular weight is 295 g/mol. The summed E-state index contributed by atoms with van der Waals surface area (Å²) in [6.45, 7) is 2.04. The van der Waals surface area contributed by atoms with E-state index in [0.717, 1.165) is 5.69 Å². The van der Waals surface area contributed by atoms with Gasteiger partial charge in [0.1, 0.15) is 0 Å². The normalized spacial score (nSPS) is 18.4. The van der Waals surface area contributed by atoms with Gasteiger partial charge in [0.05, 0.1) is 0 Å². The quantitative estimate of drug-likeness (QED) is 0.783. The molecular weight excluding hydrogens is 283 g/mol. The van der Waals surface area contributed by atoms with Gasteiger partial charge in [-0.25, -0.2) is 0 Å². The highest BCUT2D eigenvalue weighted by Gasteiger charge is 2.25. The highest BCUT2D eigenvalue weighted by atomic mass is 35.7. The van der Waals surface area contributed by atoms with E-state index in [4.69, 9.17) is 22.3 Å². The van der Waals surface area contributed by atoms with Crippen molar-refractivity contribution in [1.29, 1.82) is 0 Å². The minimum Gasteiger partial charge on any atom is -0.369 e. The highest BCUT2D eigenvalue weighted by Crippen LogP contribution is 2.21. The van der Waals surface area contributed by atoms with E-state index in [1.807, 2.05) is 24.3 Å². The van der Waals surface area contributed by atoms with Crippen molar-refractivity contribution in [3.8, 4) is 0 Å². The standard InChI is InChI=1S/C10H12Cl2N2O2S/c11-9-2-1-3-10(8-9)13-4-6-14(7-5-13)17(12,15)16/h1-3,8H,4-7H2. The lowest BCUT2D eigenvalue weighted by atomic mass is 10.2. The summed E-state index contributed by atoms with van der Waals surface area (Å²) < 4.78 is 23.5. The van der Waals surface area contributed by atoms with E-state index >= 15 is 0 Å². The van der Waals surface area contributed by atoms with Crippen molar-refractivity contribution in [3.63, 3.8) is 0 Å². The van der Waals surface area contributed by atoms with Crippen molar-refractivity contribution in [2.24, 2.45) is 0 Å². The summed E-state index contributed by atoms with van der Waals surface area (Å²) in [6, 6.07) is 7.51. The van der Waals surface area contributed by atoms with Crippen LogP contribution in [0.4, 0.5) is 5.69 Å². The molecule has 1 saturated heterocycles. The van der Waals surface area contributed by atoms with Crippen LogP contribution in [0.25, 0.3) is 0 Å². The molecule has 7 heteroatoms. The first-order valence-corrected chi connectivity index (χ1v) is 7.81. The van der Waals surface area contributed by atoms with Gasteiger partial charge in [-0.1, -0.05) is 17.7 Å². The maximum Gasteiger partial charge on any atom is 0.299 e. The zero-order chi connectivity index (χ0) is 12.5. The molecule has 1 aromatic carbocycles. The second kappa shape index (κ2) is 5.02. The van der Waals surface area contributed by atoms with Crippen molar-refractivity contribution >= 4 is 37.2 Å². The second-order valence-corrected chi connectivity index (χ2v) is 6.76. The predicted octanol–water partition coefficient (Wildman–Crippen LogP) is 1.95. The summed E-state index contributed by atoms with van der Waals surface area (Å²) in [7, 11) is 1.70. The van der Waals surface area contributed by atoms with Gasteiger partial charge in [-0.3, -0.25) is 0 Å². The Kier molecular flexibility index (Phi) is 3.82. The Morgan fingerprint density at radius 2 is 1.76 bits per heavy atom. The lowest BCUT2D eigenvalue weighted by molar-refractivity contribution is 0.393. The van der Waals surface area contributed by atoms with E-state index in [2.05, 4.69) is 4.90 Å². The van der Waals surface area contributed by atoms with Gasteiger partial charge in [-0.15, -0.1) is 0 Å². The van der Waals surface area contributed by atoms with Crippen molar-refractivity contribution in [3.05, 3.63) is 29.3 Å². The molecule has 0 spiro atoms. The van der Waals surface area contributed by atoms with Gasteiger partial charge in [0.25, 0.3) is 9.24 Å². The number of rotatable bonds is 2. The maximum absolute atomic E-state index is 11.1. The Morgan fingerprint density at radius 1 is 1.12 bits per heavy atom. The van der Waals surface area contributed by atoms with Crippen molar-refractivity contribution in [1.82, 2.24) is 4.31 Å². The van der Waals surface area contributed by atoms with E-state index in [0.29, 0.717) is 31.2 Å². The number of nitrogens with zero attached hydrogens (tertiary/aromatic N) is 2. The van der Waals surface area contributed by atoms with Crippen LogP contribution in [0.1, 0.15) is 0 Å². The van der Waals surface area contributed by atoms with Gasteiger partial charge < -0.3 is 4.90 Å². The minimum atomic E-state index is -3.59. The zero-order valence-electron chi connectivity index (χ0n) is 9.01. The van der Waals surface area contributed by atoms with Crippen LogP contribution in [0.2, 0.25) is 5.02 Å². The van der Waals surface area contributed by atoms with Gasteiger partial charge in [0, 0.05) is 47.6 Å². The molecule has 0 amide bonds. The molecule has 0 aliphatic carbocycles. The molecule has 0 unspecified atom stereocenters. The molecule has 0 aromatic heterocycles. The fourth-order valence-electron chi connectivity index (χ4n) is 1.84. The van der Waals surface area contributed by atoms with Crippen LogP contribution in [0, 0.1) is 0 Å². The third-order valence-corrected chi connectivity index (χ3v) is 4.52. The molecule has 0 bridgehead atoms. The van der Waals surface area contributed by atoms with E-state index < -0.39 is 9.24 Å². The van der Waals surface area contributed by atoms with Gasteiger partial charge in [-0.05, 0) is 18.2 Å². The largest absolute Gasteiger partial charge is 0.369 e. The summed E-state index contributed by atoms with van der Waals surface area (Å²) in [5.41, 5.74) is 1.00. The Balaban J connectivity index is 2.05. The molecule has 1 heterocycles. The maximum atomic E-state index is 11.1. The van der Waals surface area contributed by atoms with E-state index in [1.165, 1.54) is 4.31 Å². The lowest BCUT2D eigenvalue weighted by Crippen LogP contribution is -2.47. The monoisotopic (exact) mass is 294 g/mol. The molecule has 1 aliphatic rings. The Hall–Kier alpha value is -0.490. The van der Waals surface area contributed by atoms with Crippen LogP contribution in [-0.4, -0.2) is 38.9 Å². The molecule has 0 N–H and O–H groups in total. The van der Waals surface area contributed by atoms with Crippen molar-refractivity contribution < 1.29 is 8.42 Å². The molecule has 17 heavy (non-hydrogen) atoms. The molecule has 1 aliphatic heterocycles. The Morgan fingerprint density at radius 3 is 2.29 bits per heavy atom. The molecule has 4 nitrogen and oxygen atoms in total. The van der Waals surface area contributed by atoms with E-state index in [9.17, 15) is 8.42 Å². The van der Waals surface area contributed by atoms with Crippen molar-refractivity contribution in [2.45, 2.75) is 0 Å². The van der Waals surface area contributed by atoms with Crippen LogP contribution < -0.4 is 4.90 Å². The van der Waals surface area contributed by atoms with E-state index in [1.54, 1.807) is 0 Å². The number of halogens is 2. The smallest absolute Gasteiger partial charge is 0.299 e. The third kappa shape index (κ3) is 3.25. The molecular formula is C10H12Cl2N2O2S. The zero-order valence-corrected chi connectivity index (χ0v) is 11.3. The molecule has 1 aromatic rings. The summed E-state index contributed by atoms with van der Waals surface area (Å²) in [4.78, 5) is 2.09. The first-order valence-electron chi connectivity index (χ1n) is 5.17. The molecule has 94 valence electrons. The Bertz CT molecular complexity index is 499.